The third-order valence-electron chi connectivity index (χ3n) is 6.06. The first-order chi connectivity index (χ1) is 18.5. The second-order valence-electron chi connectivity index (χ2n) is 8.60. The van der Waals surface area contributed by atoms with E-state index in [9.17, 15) is 22.8 Å². The smallest absolute Gasteiger partial charge is 0.416 e. The van der Waals surface area contributed by atoms with Gasteiger partial charge in [0.05, 0.1) is 31.9 Å². The minimum atomic E-state index is -4.61. The Bertz CT molecular complexity index is 1400. The molecule has 39 heavy (non-hydrogen) atoms. The molecular formula is C27H23ClF3N3O4S. The Labute approximate surface area is 233 Å². The van der Waals surface area contributed by atoms with Gasteiger partial charge in [-0.25, -0.2) is 0 Å². The number of amides is 2. The van der Waals surface area contributed by atoms with Gasteiger partial charge >= 0.3 is 6.18 Å². The molecule has 0 aliphatic carbocycles. The van der Waals surface area contributed by atoms with E-state index in [0.717, 1.165) is 17.0 Å². The second-order valence-corrected chi connectivity index (χ2v) is 9.40. The number of halogens is 4. The van der Waals surface area contributed by atoms with Crippen LogP contribution < -0.4 is 19.7 Å². The van der Waals surface area contributed by atoms with E-state index in [1.807, 2.05) is 0 Å². The quantitative estimate of drug-likeness (QED) is 0.336. The van der Waals surface area contributed by atoms with Gasteiger partial charge in [0.1, 0.15) is 6.04 Å². The minimum absolute atomic E-state index is 0.0293. The molecule has 1 fully saturated rings. The van der Waals surface area contributed by atoms with Crippen LogP contribution in [0.5, 0.6) is 11.5 Å². The molecule has 1 saturated heterocycles. The number of nitrogens with zero attached hydrogens (tertiary/aromatic N) is 2. The van der Waals surface area contributed by atoms with E-state index in [0.29, 0.717) is 27.8 Å². The van der Waals surface area contributed by atoms with Crippen molar-refractivity contribution >= 4 is 52.1 Å². The van der Waals surface area contributed by atoms with Crippen LogP contribution in [0.3, 0.4) is 0 Å². The Hall–Kier alpha value is -3.83. The maximum Gasteiger partial charge on any atom is 0.416 e. The lowest BCUT2D eigenvalue weighted by molar-refractivity contribution is -0.137. The monoisotopic (exact) mass is 577 g/mol. The van der Waals surface area contributed by atoms with Crippen molar-refractivity contribution in [2.45, 2.75) is 25.2 Å². The summed E-state index contributed by atoms with van der Waals surface area (Å²) >= 11 is 11.5. The lowest BCUT2D eigenvalue weighted by atomic mass is 10.1. The third-order valence-corrected chi connectivity index (χ3v) is 6.73. The van der Waals surface area contributed by atoms with Crippen molar-refractivity contribution in [3.8, 4) is 11.5 Å². The number of carbonyl (C=O) groups excluding carboxylic acids is 2. The van der Waals surface area contributed by atoms with Gasteiger partial charge in [0, 0.05) is 17.3 Å². The maximum absolute atomic E-state index is 13.6. The number of alkyl halides is 3. The zero-order valence-electron chi connectivity index (χ0n) is 20.8. The van der Waals surface area contributed by atoms with Crippen LogP contribution in [0.15, 0.2) is 66.7 Å². The summed E-state index contributed by atoms with van der Waals surface area (Å²) in [5.41, 5.74) is 0.180. The fourth-order valence-corrected chi connectivity index (χ4v) is 4.68. The molecular weight excluding hydrogens is 555 g/mol. The number of ether oxygens (including phenoxy) is 2. The Morgan fingerprint density at radius 3 is 2.36 bits per heavy atom. The van der Waals surface area contributed by atoms with Crippen molar-refractivity contribution in [2.24, 2.45) is 0 Å². The standard InChI is InChI=1S/C27H23ClF3N3O4S/c1-37-22-11-6-16(12-23(22)38-2)15-33-21(14-24(35)32-19-9-7-18(28)8-10-19)25(36)34(26(33)39)20-5-3-4-17(13-20)27(29,30)31/h3-13,21H,14-15H2,1-2H3,(H,32,35). The Balaban J connectivity index is 1.66. The number of carbonyl (C=O) groups is 2. The zero-order chi connectivity index (χ0) is 28.3. The number of methoxy groups -OCH3 is 2. The van der Waals surface area contributed by atoms with Crippen LogP contribution in [0.4, 0.5) is 24.5 Å². The van der Waals surface area contributed by atoms with Crippen LogP contribution in [0.1, 0.15) is 17.5 Å². The van der Waals surface area contributed by atoms with Gasteiger partial charge < -0.3 is 19.7 Å². The van der Waals surface area contributed by atoms with Crippen molar-refractivity contribution in [3.63, 3.8) is 0 Å². The highest BCUT2D eigenvalue weighted by Crippen LogP contribution is 2.35. The Morgan fingerprint density at radius 1 is 1.03 bits per heavy atom. The van der Waals surface area contributed by atoms with Gasteiger partial charge in [-0.2, -0.15) is 13.2 Å². The summed E-state index contributed by atoms with van der Waals surface area (Å²) in [5.74, 6) is -0.170. The molecule has 1 unspecified atom stereocenters. The molecule has 1 N–H and O–H groups in total. The molecule has 1 aliphatic heterocycles. The first-order valence-electron chi connectivity index (χ1n) is 11.6. The van der Waals surface area contributed by atoms with Crippen LogP contribution in [-0.2, 0) is 22.3 Å². The number of thiocarbonyl (C=S) groups is 1. The molecule has 1 heterocycles. The first-order valence-corrected chi connectivity index (χ1v) is 12.4. The highest BCUT2D eigenvalue weighted by atomic mass is 35.5. The van der Waals surface area contributed by atoms with Crippen LogP contribution in [0.25, 0.3) is 0 Å². The van der Waals surface area contributed by atoms with Gasteiger partial charge in [-0.1, -0.05) is 23.7 Å². The summed E-state index contributed by atoms with van der Waals surface area (Å²) in [7, 11) is 2.97. The highest BCUT2D eigenvalue weighted by molar-refractivity contribution is 7.80. The number of hydrogen-bond donors (Lipinski definition) is 1. The van der Waals surface area contributed by atoms with Crippen LogP contribution >= 0.6 is 23.8 Å². The van der Waals surface area contributed by atoms with Gasteiger partial charge in [-0.15, -0.1) is 0 Å². The predicted molar refractivity (Wildman–Crippen MR) is 145 cm³/mol. The zero-order valence-corrected chi connectivity index (χ0v) is 22.4. The molecule has 12 heteroatoms. The van der Waals surface area contributed by atoms with E-state index in [4.69, 9.17) is 33.3 Å². The van der Waals surface area contributed by atoms with E-state index >= 15 is 0 Å². The maximum atomic E-state index is 13.6. The van der Waals surface area contributed by atoms with Gasteiger partial charge in [-0.05, 0) is 72.4 Å². The molecule has 0 spiro atoms. The average molecular weight is 578 g/mol. The largest absolute Gasteiger partial charge is 0.493 e. The highest BCUT2D eigenvalue weighted by Gasteiger charge is 2.44. The van der Waals surface area contributed by atoms with Crippen LogP contribution in [0.2, 0.25) is 5.02 Å². The molecule has 0 aromatic heterocycles. The molecule has 0 saturated carbocycles. The van der Waals surface area contributed by atoms with Crippen LogP contribution in [-0.4, -0.2) is 42.1 Å². The lowest BCUT2D eigenvalue weighted by Crippen LogP contribution is -2.37. The summed E-state index contributed by atoms with van der Waals surface area (Å²) in [6.07, 6.45) is -4.91. The number of hydrogen-bond acceptors (Lipinski definition) is 5. The van der Waals surface area contributed by atoms with Gasteiger partial charge in [-0.3, -0.25) is 14.5 Å². The third kappa shape index (κ3) is 6.26. The van der Waals surface area contributed by atoms with Crippen molar-refractivity contribution in [1.29, 1.82) is 0 Å². The first kappa shape index (κ1) is 28.2. The van der Waals surface area contributed by atoms with Crippen molar-refractivity contribution in [1.82, 2.24) is 4.90 Å². The van der Waals surface area contributed by atoms with Crippen molar-refractivity contribution in [3.05, 3.63) is 82.9 Å². The normalized spacial score (nSPS) is 15.5. The van der Waals surface area contributed by atoms with Crippen LogP contribution in [0, 0.1) is 0 Å². The summed E-state index contributed by atoms with van der Waals surface area (Å²) in [5, 5.41) is 3.17. The number of benzene rings is 3. The van der Waals surface area contributed by atoms with E-state index in [1.54, 1.807) is 42.5 Å². The van der Waals surface area contributed by atoms with Crippen molar-refractivity contribution < 1.29 is 32.2 Å². The molecule has 7 nitrogen and oxygen atoms in total. The summed E-state index contributed by atoms with van der Waals surface area (Å²) in [6.45, 7) is 0.0826. The molecule has 0 bridgehead atoms. The van der Waals surface area contributed by atoms with Gasteiger partial charge in [0.2, 0.25) is 5.91 Å². The Morgan fingerprint density at radius 2 is 1.72 bits per heavy atom. The molecule has 1 atom stereocenters. The molecule has 204 valence electrons. The van der Waals surface area contributed by atoms with Crippen molar-refractivity contribution in [2.75, 3.05) is 24.4 Å². The van der Waals surface area contributed by atoms with Gasteiger partial charge in [0.25, 0.3) is 5.91 Å². The summed E-state index contributed by atoms with van der Waals surface area (Å²) in [4.78, 5) is 29.1. The van der Waals surface area contributed by atoms with E-state index in [-0.39, 0.29) is 23.8 Å². The SMILES string of the molecule is COc1ccc(CN2C(=S)N(c3cccc(C(F)(F)F)c3)C(=O)C2CC(=O)Nc2ccc(Cl)cc2)cc1OC. The molecule has 0 radical (unpaired) electrons. The van der Waals surface area contributed by atoms with E-state index < -0.39 is 29.6 Å². The van der Waals surface area contributed by atoms with E-state index in [2.05, 4.69) is 5.32 Å². The molecule has 1 aliphatic rings. The minimum Gasteiger partial charge on any atom is -0.493 e. The number of rotatable bonds is 8. The lowest BCUT2D eigenvalue weighted by Gasteiger charge is -2.24. The fraction of sp³-hybridized carbons (Fsp3) is 0.222. The molecule has 3 aromatic carbocycles. The molecule has 4 rings (SSSR count). The second kappa shape index (κ2) is 11.5. The van der Waals surface area contributed by atoms with Gasteiger partial charge in [0.15, 0.2) is 16.6 Å². The number of nitrogens with one attached hydrogen (secondary N) is 1. The average Bonchev–Trinajstić information content (AvgIpc) is 3.13. The molecule has 3 aromatic rings. The topological polar surface area (TPSA) is 71.1 Å². The fourth-order valence-electron chi connectivity index (χ4n) is 4.17. The van der Waals surface area contributed by atoms with E-state index in [1.165, 1.54) is 31.3 Å². The Kier molecular flexibility index (Phi) is 8.31. The molecule has 2 amide bonds. The predicted octanol–water partition coefficient (Wildman–Crippen LogP) is 5.91. The summed E-state index contributed by atoms with van der Waals surface area (Å²) < 4.78 is 50.8. The number of anilines is 2. The summed E-state index contributed by atoms with van der Waals surface area (Å²) in [6, 6.07) is 14.8.